The van der Waals surface area contributed by atoms with E-state index in [9.17, 15) is 9.59 Å². The van der Waals surface area contributed by atoms with Crippen LogP contribution in [0, 0.1) is 5.92 Å². The van der Waals surface area contributed by atoms with E-state index in [1.807, 2.05) is 36.0 Å². The Labute approximate surface area is 321 Å². The fourth-order valence-electron chi connectivity index (χ4n) is 7.51. The van der Waals surface area contributed by atoms with Crippen LogP contribution in [0.15, 0.2) is 66.9 Å². The van der Waals surface area contributed by atoms with E-state index in [2.05, 4.69) is 62.5 Å². The molecule has 0 radical (unpaired) electrons. The van der Waals surface area contributed by atoms with E-state index < -0.39 is 0 Å². The molecule has 12 heteroatoms. The number of nitrogens with zero attached hydrogens (tertiary/aromatic N) is 4. The van der Waals surface area contributed by atoms with E-state index in [1.54, 1.807) is 18.2 Å². The minimum atomic E-state index is -0.377. The van der Waals surface area contributed by atoms with Gasteiger partial charge in [0.1, 0.15) is 11.4 Å². The number of rotatable bonds is 13. The van der Waals surface area contributed by atoms with Crippen LogP contribution < -0.4 is 21.3 Å². The highest BCUT2D eigenvalue weighted by molar-refractivity contribution is 6.33. The fraction of sp³-hybridized carbons (Fsp3) is 0.405. The van der Waals surface area contributed by atoms with Crippen molar-refractivity contribution < 1.29 is 14.3 Å². The zero-order valence-corrected chi connectivity index (χ0v) is 31.8. The molecular formula is C42H49ClN8O3. The standard InChI is InChI=1S/C42H49ClN8O3/c1-3-36-33(39(48-31-15-19-54-20-16-31)34-26-47-51(4-2)40(34)50-36)25-46-42(53)38-10-6-9-37(49-38)41(52)45-24-29-11-12-35(43)32(23-29)30-8-5-7-28(22-30)21-27-13-17-44-18-14-27/h5-12,22-23,26-27,31,44H,3-4,13-21,24-25H2,1-2H3,(H,45,52)(H,46,53)(H,48,50). The predicted octanol–water partition coefficient (Wildman–Crippen LogP) is 6.72. The second kappa shape index (κ2) is 17.5. The summed E-state index contributed by atoms with van der Waals surface area (Å²) in [7, 11) is 0. The van der Waals surface area contributed by atoms with E-state index in [0.717, 1.165) is 77.0 Å². The molecule has 5 aromatic rings. The van der Waals surface area contributed by atoms with Gasteiger partial charge in [-0.3, -0.25) is 9.59 Å². The topological polar surface area (TPSA) is 135 Å². The first-order valence-electron chi connectivity index (χ1n) is 19.2. The molecule has 0 unspecified atom stereocenters. The van der Waals surface area contributed by atoms with E-state index in [1.165, 1.54) is 18.4 Å². The van der Waals surface area contributed by atoms with Crippen molar-refractivity contribution in [2.45, 2.75) is 78.0 Å². The van der Waals surface area contributed by atoms with Crippen LogP contribution in [-0.4, -0.2) is 63.9 Å². The molecule has 282 valence electrons. The van der Waals surface area contributed by atoms with Gasteiger partial charge in [-0.2, -0.15) is 5.10 Å². The number of benzene rings is 2. The van der Waals surface area contributed by atoms with Crippen molar-refractivity contribution in [2.24, 2.45) is 5.92 Å². The molecule has 54 heavy (non-hydrogen) atoms. The Morgan fingerprint density at radius 1 is 0.889 bits per heavy atom. The van der Waals surface area contributed by atoms with Gasteiger partial charge < -0.3 is 26.0 Å². The highest BCUT2D eigenvalue weighted by Crippen LogP contribution is 2.32. The van der Waals surface area contributed by atoms with Crippen molar-refractivity contribution in [3.05, 3.63) is 106 Å². The summed E-state index contributed by atoms with van der Waals surface area (Å²) in [6.45, 7) is 8.90. The van der Waals surface area contributed by atoms with Gasteiger partial charge in [0, 0.05) is 60.7 Å². The minimum Gasteiger partial charge on any atom is -0.381 e. The maximum Gasteiger partial charge on any atom is 0.270 e. The van der Waals surface area contributed by atoms with Crippen LogP contribution in [-0.2, 0) is 37.2 Å². The number of anilines is 1. The van der Waals surface area contributed by atoms with Gasteiger partial charge in [-0.15, -0.1) is 0 Å². The van der Waals surface area contributed by atoms with Crippen molar-refractivity contribution >= 4 is 40.1 Å². The number of amides is 2. The van der Waals surface area contributed by atoms with Crippen molar-refractivity contribution in [3.8, 4) is 11.1 Å². The first kappa shape index (κ1) is 37.5. The van der Waals surface area contributed by atoms with Crippen molar-refractivity contribution in [3.63, 3.8) is 0 Å². The minimum absolute atomic E-state index is 0.158. The lowest BCUT2D eigenvalue weighted by Crippen LogP contribution is -2.30. The third kappa shape index (κ3) is 8.75. The van der Waals surface area contributed by atoms with Crippen LogP contribution in [0.5, 0.6) is 0 Å². The molecular weight excluding hydrogens is 700 g/mol. The fourth-order valence-corrected chi connectivity index (χ4v) is 7.74. The Bertz CT molecular complexity index is 2110. The Morgan fingerprint density at radius 2 is 1.63 bits per heavy atom. The average molecular weight is 749 g/mol. The summed E-state index contributed by atoms with van der Waals surface area (Å²) in [5, 5.41) is 19.4. The SMILES string of the molecule is CCc1nc2c(cnn2CC)c(NC2CCOCC2)c1CNC(=O)c1cccc(C(=O)NCc2ccc(Cl)c(-c3cccc(CC4CCNCC4)c3)c2)n1. The van der Waals surface area contributed by atoms with Crippen molar-refractivity contribution in [1.82, 2.24) is 35.7 Å². The Kier molecular flexibility index (Phi) is 12.2. The number of piperidine rings is 1. The van der Waals surface area contributed by atoms with Gasteiger partial charge in [-0.1, -0.05) is 54.9 Å². The first-order chi connectivity index (χ1) is 26.4. The number of hydrogen-bond donors (Lipinski definition) is 4. The molecule has 0 atom stereocenters. The zero-order valence-electron chi connectivity index (χ0n) is 31.1. The number of nitrogens with one attached hydrogen (secondary N) is 4. The molecule has 5 heterocycles. The number of ether oxygens (including phenoxy) is 1. The van der Waals surface area contributed by atoms with Gasteiger partial charge in [0.15, 0.2) is 5.65 Å². The molecule has 0 saturated carbocycles. The second-order valence-corrected chi connectivity index (χ2v) is 14.6. The molecule has 4 N–H and O–H groups in total. The Hall–Kier alpha value is -4.84. The third-order valence-electron chi connectivity index (χ3n) is 10.5. The van der Waals surface area contributed by atoms with Gasteiger partial charge in [0.25, 0.3) is 11.8 Å². The maximum absolute atomic E-state index is 13.5. The van der Waals surface area contributed by atoms with Gasteiger partial charge in [0.2, 0.25) is 0 Å². The molecule has 2 aromatic carbocycles. The Morgan fingerprint density at radius 3 is 2.37 bits per heavy atom. The summed E-state index contributed by atoms with van der Waals surface area (Å²) < 4.78 is 7.49. The number of fused-ring (bicyclic) bond motifs is 1. The van der Waals surface area contributed by atoms with E-state index in [0.29, 0.717) is 37.1 Å². The molecule has 2 saturated heterocycles. The number of aryl methyl sites for hydroxylation is 2. The van der Waals surface area contributed by atoms with Crippen LogP contribution in [0.1, 0.15) is 82.9 Å². The average Bonchev–Trinajstić information content (AvgIpc) is 3.63. The number of hydrogen-bond acceptors (Lipinski definition) is 8. The lowest BCUT2D eigenvalue weighted by Gasteiger charge is -2.26. The first-order valence-corrected chi connectivity index (χ1v) is 19.6. The zero-order chi connectivity index (χ0) is 37.4. The number of aromatic nitrogens is 4. The summed E-state index contributed by atoms with van der Waals surface area (Å²) in [6, 6.07) is 19.6. The van der Waals surface area contributed by atoms with E-state index in [-0.39, 0.29) is 42.3 Å². The van der Waals surface area contributed by atoms with Crippen molar-refractivity contribution in [1.29, 1.82) is 0 Å². The van der Waals surface area contributed by atoms with E-state index >= 15 is 0 Å². The van der Waals surface area contributed by atoms with Gasteiger partial charge in [-0.05, 0) is 105 Å². The van der Waals surface area contributed by atoms with E-state index in [4.69, 9.17) is 21.3 Å². The summed E-state index contributed by atoms with van der Waals surface area (Å²) in [5.41, 5.74) is 8.11. The molecule has 0 aliphatic carbocycles. The van der Waals surface area contributed by atoms with Gasteiger partial charge >= 0.3 is 0 Å². The molecule has 2 aliphatic rings. The molecule has 2 fully saturated rings. The van der Waals surface area contributed by atoms with Crippen molar-refractivity contribution in [2.75, 3.05) is 31.6 Å². The summed E-state index contributed by atoms with van der Waals surface area (Å²) in [4.78, 5) is 36.3. The predicted molar refractivity (Wildman–Crippen MR) is 213 cm³/mol. The Balaban J connectivity index is 1.02. The molecule has 2 amide bonds. The van der Waals surface area contributed by atoms with Gasteiger partial charge in [-0.25, -0.2) is 14.6 Å². The molecule has 3 aromatic heterocycles. The quantitative estimate of drug-likeness (QED) is 0.104. The number of pyridine rings is 2. The van der Waals surface area contributed by atoms with Gasteiger partial charge in [0.05, 0.1) is 17.3 Å². The van der Waals surface area contributed by atoms with Crippen LogP contribution in [0.3, 0.4) is 0 Å². The largest absolute Gasteiger partial charge is 0.381 e. The molecule has 0 bridgehead atoms. The monoisotopic (exact) mass is 748 g/mol. The van der Waals surface area contributed by atoms with Crippen LogP contribution in [0.4, 0.5) is 5.69 Å². The molecule has 7 rings (SSSR count). The lowest BCUT2D eigenvalue weighted by molar-refractivity contribution is 0.0904. The maximum atomic E-state index is 13.5. The molecule has 0 spiro atoms. The molecule has 2 aliphatic heterocycles. The summed E-state index contributed by atoms with van der Waals surface area (Å²) in [5.74, 6) is -0.0610. The molecule has 11 nitrogen and oxygen atoms in total. The van der Waals surface area contributed by atoms with Crippen LogP contribution in [0.25, 0.3) is 22.2 Å². The summed E-state index contributed by atoms with van der Waals surface area (Å²) in [6.07, 6.45) is 7.76. The number of carbonyl (C=O) groups excluding carboxylic acids is 2. The van der Waals surface area contributed by atoms with Crippen LogP contribution >= 0.6 is 11.6 Å². The third-order valence-corrected chi connectivity index (χ3v) is 10.9. The number of carbonyl (C=O) groups is 2. The number of halogens is 1. The normalized spacial score (nSPS) is 15.3. The highest BCUT2D eigenvalue weighted by atomic mass is 35.5. The smallest absolute Gasteiger partial charge is 0.270 e. The lowest BCUT2D eigenvalue weighted by atomic mass is 9.90. The van der Waals surface area contributed by atoms with Crippen LogP contribution in [0.2, 0.25) is 5.02 Å². The summed E-state index contributed by atoms with van der Waals surface area (Å²) >= 11 is 6.69. The highest BCUT2D eigenvalue weighted by Gasteiger charge is 2.23. The second-order valence-electron chi connectivity index (χ2n) is 14.2.